The second-order valence-corrected chi connectivity index (χ2v) is 6.83. The molecule has 1 heterocycles. The molecule has 3 aromatic rings. The van der Waals surface area contributed by atoms with Crippen LogP contribution in [0, 0.1) is 0 Å². The quantitative estimate of drug-likeness (QED) is 0.688. The number of methoxy groups -OCH3 is 1. The number of halogens is 1. The van der Waals surface area contributed by atoms with Crippen molar-refractivity contribution in [1.29, 1.82) is 0 Å². The molecule has 1 amide bonds. The molecule has 146 valence electrons. The first-order valence-corrected chi connectivity index (χ1v) is 9.05. The van der Waals surface area contributed by atoms with E-state index in [1.165, 1.54) is 11.7 Å². The van der Waals surface area contributed by atoms with E-state index in [1.54, 1.807) is 43.5 Å². The molecule has 0 spiro atoms. The number of hydrogen-bond acceptors (Lipinski definition) is 5. The van der Waals surface area contributed by atoms with Gasteiger partial charge in [-0.1, -0.05) is 29.8 Å². The Bertz CT molecular complexity index is 1080. The molecule has 7 nitrogen and oxygen atoms in total. The second-order valence-electron chi connectivity index (χ2n) is 6.39. The fraction of sp³-hybridized carbons (Fsp3) is 0.250. The molecule has 1 aromatic heterocycles. The summed E-state index contributed by atoms with van der Waals surface area (Å²) >= 11 is 6.09. The van der Waals surface area contributed by atoms with Gasteiger partial charge in [0.1, 0.15) is 5.75 Å². The van der Waals surface area contributed by atoms with Gasteiger partial charge in [0.25, 0.3) is 11.5 Å². The molecule has 0 bridgehead atoms. The van der Waals surface area contributed by atoms with Crippen molar-refractivity contribution >= 4 is 28.3 Å². The summed E-state index contributed by atoms with van der Waals surface area (Å²) in [6.45, 7) is 0.684. The maximum Gasteiger partial charge on any atom is 0.275 e. The highest BCUT2D eigenvalue weighted by Gasteiger charge is 2.16. The Kier molecular flexibility index (Phi) is 5.96. The van der Waals surface area contributed by atoms with Crippen molar-refractivity contribution in [2.75, 3.05) is 21.2 Å². The third-order valence-electron chi connectivity index (χ3n) is 4.37. The number of nitrogens with zero attached hydrogens (tertiary/aromatic N) is 3. The number of ether oxygens (including phenoxy) is 1. The van der Waals surface area contributed by atoms with E-state index in [0.717, 1.165) is 5.56 Å². The lowest BCUT2D eigenvalue weighted by atomic mass is 10.1. The Balaban J connectivity index is 1.96. The summed E-state index contributed by atoms with van der Waals surface area (Å²) < 4.78 is 6.67. The number of aromatic nitrogens is 2. The van der Waals surface area contributed by atoms with Gasteiger partial charge in [-0.3, -0.25) is 14.5 Å². The van der Waals surface area contributed by atoms with Gasteiger partial charge in [0.2, 0.25) is 0 Å². The van der Waals surface area contributed by atoms with Crippen molar-refractivity contribution in [3.8, 4) is 5.75 Å². The number of benzene rings is 2. The minimum Gasteiger partial charge on any atom is -0.496 e. The first-order chi connectivity index (χ1) is 13.4. The van der Waals surface area contributed by atoms with E-state index < -0.39 is 0 Å². The van der Waals surface area contributed by atoms with Gasteiger partial charge in [-0.15, -0.1) is 0 Å². The topological polar surface area (TPSA) is 76.5 Å². The zero-order chi connectivity index (χ0) is 20.3. The average molecular weight is 401 g/mol. The summed E-state index contributed by atoms with van der Waals surface area (Å²) in [5.74, 6) is 0.366. The molecule has 0 saturated carbocycles. The van der Waals surface area contributed by atoms with Gasteiger partial charge in [0, 0.05) is 29.6 Å². The highest BCUT2D eigenvalue weighted by molar-refractivity contribution is 6.30. The predicted molar refractivity (Wildman–Crippen MR) is 109 cm³/mol. The Hall–Kier alpha value is -2.90. The van der Waals surface area contributed by atoms with Crippen molar-refractivity contribution in [2.24, 2.45) is 0 Å². The summed E-state index contributed by atoms with van der Waals surface area (Å²) in [6.07, 6.45) is 0. The number of rotatable bonds is 6. The van der Waals surface area contributed by atoms with Crippen LogP contribution in [-0.2, 0) is 13.2 Å². The molecule has 0 saturated heterocycles. The molecule has 28 heavy (non-hydrogen) atoms. The zero-order valence-electron chi connectivity index (χ0n) is 15.9. The maximum absolute atomic E-state index is 12.9. The van der Waals surface area contributed by atoms with Crippen LogP contribution in [0.3, 0.4) is 0 Å². The average Bonchev–Trinajstić information content (AvgIpc) is 2.69. The van der Waals surface area contributed by atoms with Gasteiger partial charge in [0.15, 0.2) is 5.69 Å². The molecule has 0 aliphatic heterocycles. The highest BCUT2D eigenvalue weighted by atomic mass is 35.5. The van der Waals surface area contributed by atoms with Crippen LogP contribution in [0.15, 0.2) is 47.3 Å². The largest absolute Gasteiger partial charge is 0.496 e. The smallest absolute Gasteiger partial charge is 0.275 e. The molecule has 2 aromatic carbocycles. The van der Waals surface area contributed by atoms with Crippen LogP contribution < -0.4 is 15.6 Å². The number of carbonyl (C=O) groups is 1. The lowest BCUT2D eigenvalue weighted by Gasteiger charge is -2.20. The van der Waals surface area contributed by atoms with E-state index >= 15 is 0 Å². The Labute approximate surface area is 167 Å². The first-order valence-electron chi connectivity index (χ1n) is 8.67. The fourth-order valence-electron chi connectivity index (χ4n) is 3.06. The highest BCUT2D eigenvalue weighted by Crippen LogP contribution is 2.24. The van der Waals surface area contributed by atoms with Crippen LogP contribution in [-0.4, -0.2) is 41.8 Å². The van der Waals surface area contributed by atoms with Gasteiger partial charge in [0.05, 0.1) is 19.2 Å². The van der Waals surface area contributed by atoms with E-state index in [4.69, 9.17) is 16.3 Å². The number of amides is 1. The predicted octanol–water partition coefficient (Wildman–Crippen LogP) is 2.51. The summed E-state index contributed by atoms with van der Waals surface area (Å²) in [7, 11) is 4.98. The Morgan fingerprint density at radius 2 is 1.96 bits per heavy atom. The molecular weight excluding hydrogens is 380 g/mol. The number of carbonyl (C=O) groups excluding carboxylic acids is 1. The van der Waals surface area contributed by atoms with Crippen molar-refractivity contribution in [3.63, 3.8) is 0 Å². The van der Waals surface area contributed by atoms with Gasteiger partial charge in [-0.2, -0.15) is 5.10 Å². The second kappa shape index (κ2) is 8.41. The van der Waals surface area contributed by atoms with Crippen molar-refractivity contribution < 1.29 is 9.53 Å². The molecule has 1 N–H and O–H groups in total. The Morgan fingerprint density at radius 3 is 2.64 bits per heavy atom. The van der Waals surface area contributed by atoms with Crippen LogP contribution in [0.4, 0.5) is 0 Å². The molecule has 8 heteroatoms. The van der Waals surface area contributed by atoms with Crippen LogP contribution >= 0.6 is 11.6 Å². The van der Waals surface area contributed by atoms with E-state index in [2.05, 4.69) is 10.4 Å². The molecule has 0 radical (unpaired) electrons. The van der Waals surface area contributed by atoms with Gasteiger partial charge in [-0.25, -0.2) is 4.68 Å². The maximum atomic E-state index is 12.9. The standard InChI is InChI=1S/C20H21ClN4O3/c1-22-19(26)18-15-6-4-5-7-16(15)20(27)25(23-18)12-24(2)11-13-10-14(21)8-9-17(13)28-3/h4-10H,11-12H2,1-3H3,(H,22,26). The molecular formula is C20H21ClN4O3. The minimum atomic E-state index is -0.343. The van der Waals surface area contributed by atoms with Gasteiger partial charge in [-0.05, 0) is 31.3 Å². The molecule has 3 rings (SSSR count). The van der Waals surface area contributed by atoms with E-state index in [1.807, 2.05) is 18.0 Å². The van der Waals surface area contributed by atoms with Gasteiger partial charge >= 0.3 is 0 Å². The normalized spacial score (nSPS) is 11.0. The van der Waals surface area contributed by atoms with Crippen LogP contribution in [0.2, 0.25) is 5.02 Å². The molecule has 0 aliphatic rings. The lowest BCUT2D eigenvalue weighted by molar-refractivity contribution is 0.0956. The van der Waals surface area contributed by atoms with Crippen LogP contribution in [0.5, 0.6) is 5.75 Å². The summed E-state index contributed by atoms with van der Waals surface area (Å²) in [5.41, 5.74) is 0.845. The van der Waals surface area contributed by atoms with E-state index in [9.17, 15) is 9.59 Å². The van der Waals surface area contributed by atoms with E-state index in [0.29, 0.717) is 28.1 Å². The number of nitrogens with one attached hydrogen (secondary N) is 1. The fourth-order valence-corrected chi connectivity index (χ4v) is 3.25. The third kappa shape index (κ3) is 4.00. The lowest BCUT2D eigenvalue weighted by Crippen LogP contribution is -2.34. The van der Waals surface area contributed by atoms with Crippen LogP contribution in [0.25, 0.3) is 10.8 Å². The Morgan fingerprint density at radius 1 is 1.25 bits per heavy atom. The minimum absolute atomic E-state index is 0.198. The van der Waals surface area contributed by atoms with Crippen LogP contribution in [0.1, 0.15) is 16.1 Å². The van der Waals surface area contributed by atoms with Crippen molar-refractivity contribution in [1.82, 2.24) is 20.0 Å². The van der Waals surface area contributed by atoms with Crippen molar-refractivity contribution in [3.05, 3.63) is 69.1 Å². The number of fused-ring (bicyclic) bond motifs is 1. The zero-order valence-corrected chi connectivity index (χ0v) is 16.7. The molecule has 0 aliphatic carbocycles. The summed E-state index contributed by atoms with van der Waals surface area (Å²) in [5, 5.41) is 8.46. The molecule has 0 unspecified atom stereocenters. The van der Waals surface area contributed by atoms with Crippen molar-refractivity contribution in [2.45, 2.75) is 13.2 Å². The summed E-state index contributed by atoms with van der Waals surface area (Å²) in [6, 6.07) is 12.3. The first kappa shape index (κ1) is 19.9. The molecule has 0 fully saturated rings. The molecule has 0 atom stereocenters. The SMILES string of the molecule is CNC(=O)c1nn(CN(C)Cc2cc(Cl)ccc2OC)c(=O)c2ccccc12. The van der Waals surface area contributed by atoms with Gasteiger partial charge < -0.3 is 10.1 Å². The monoisotopic (exact) mass is 400 g/mol. The number of hydrogen-bond donors (Lipinski definition) is 1. The summed E-state index contributed by atoms with van der Waals surface area (Å²) in [4.78, 5) is 27.0. The third-order valence-corrected chi connectivity index (χ3v) is 4.60. The van der Waals surface area contributed by atoms with E-state index in [-0.39, 0.29) is 23.8 Å².